The first-order chi connectivity index (χ1) is 9.25. The van der Waals surface area contributed by atoms with E-state index in [2.05, 4.69) is 15.3 Å². The highest BCUT2D eigenvalue weighted by Crippen LogP contribution is 2.21. The van der Waals surface area contributed by atoms with Gasteiger partial charge >= 0.3 is 0 Å². The second-order valence-electron chi connectivity index (χ2n) is 4.67. The van der Waals surface area contributed by atoms with Crippen LogP contribution in [0.2, 0.25) is 0 Å². The summed E-state index contributed by atoms with van der Waals surface area (Å²) in [5.74, 6) is 0. The van der Waals surface area contributed by atoms with Crippen LogP contribution in [0.5, 0.6) is 0 Å². The van der Waals surface area contributed by atoms with Gasteiger partial charge in [-0.15, -0.1) is 0 Å². The summed E-state index contributed by atoms with van der Waals surface area (Å²) in [5.41, 5.74) is 5.41. The highest BCUT2D eigenvalue weighted by atomic mass is 16.5. The fourth-order valence-electron chi connectivity index (χ4n) is 2.28. The molecule has 0 saturated carbocycles. The second kappa shape index (κ2) is 4.93. The average molecular weight is 256 g/mol. The van der Waals surface area contributed by atoms with E-state index in [1.54, 1.807) is 6.20 Å². The minimum Gasteiger partial charge on any atom is -0.376 e. The van der Waals surface area contributed by atoms with E-state index >= 15 is 0 Å². The summed E-state index contributed by atoms with van der Waals surface area (Å²) in [5, 5.41) is 12.6. The standard InChI is InChI=1S/C14H16N4O/c1-10-5-7-15-16-12(10)3-4-14-11-9-19-8-6-13(11)17-18(14)2/h3-5,7H,6,8-9H2,1-2H3. The number of rotatable bonds is 2. The Morgan fingerprint density at radius 3 is 3.11 bits per heavy atom. The Labute approximate surface area is 111 Å². The van der Waals surface area contributed by atoms with E-state index in [-0.39, 0.29) is 0 Å². The molecule has 0 bridgehead atoms. The number of nitrogens with zero attached hydrogens (tertiary/aromatic N) is 4. The van der Waals surface area contributed by atoms with E-state index < -0.39 is 0 Å². The first kappa shape index (κ1) is 12.0. The summed E-state index contributed by atoms with van der Waals surface area (Å²) in [6.45, 7) is 3.43. The maximum absolute atomic E-state index is 5.51. The van der Waals surface area contributed by atoms with Crippen LogP contribution in [0.1, 0.15) is 28.2 Å². The van der Waals surface area contributed by atoms with E-state index in [9.17, 15) is 0 Å². The van der Waals surface area contributed by atoms with Crippen LogP contribution in [-0.2, 0) is 24.8 Å². The third kappa shape index (κ3) is 2.29. The van der Waals surface area contributed by atoms with Crippen molar-refractivity contribution in [3.8, 4) is 0 Å². The number of hydrogen-bond acceptors (Lipinski definition) is 4. The van der Waals surface area contributed by atoms with Crippen LogP contribution in [0.4, 0.5) is 0 Å². The molecule has 0 radical (unpaired) electrons. The minimum absolute atomic E-state index is 0.641. The van der Waals surface area contributed by atoms with Crippen molar-refractivity contribution in [2.75, 3.05) is 6.61 Å². The molecule has 1 aliphatic rings. The van der Waals surface area contributed by atoms with Crippen LogP contribution >= 0.6 is 0 Å². The maximum atomic E-state index is 5.51. The van der Waals surface area contributed by atoms with Crippen molar-refractivity contribution < 1.29 is 4.74 Å². The first-order valence-electron chi connectivity index (χ1n) is 6.34. The smallest absolute Gasteiger partial charge is 0.0887 e. The molecule has 5 nitrogen and oxygen atoms in total. The molecule has 19 heavy (non-hydrogen) atoms. The molecule has 0 aliphatic carbocycles. The number of ether oxygens (including phenoxy) is 1. The van der Waals surface area contributed by atoms with Crippen molar-refractivity contribution >= 4 is 12.2 Å². The van der Waals surface area contributed by atoms with Crippen molar-refractivity contribution in [2.45, 2.75) is 20.0 Å². The van der Waals surface area contributed by atoms with Gasteiger partial charge in [-0.1, -0.05) is 0 Å². The Bertz CT molecular complexity index is 630. The second-order valence-corrected chi connectivity index (χ2v) is 4.67. The predicted octanol–water partition coefficient (Wildman–Crippen LogP) is 1.76. The summed E-state index contributed by atoms with van der Waals surface area (Å²) in [7, 11) is 1.96. The van der Waals surface area contributed by atoms with E-state index in [4.69, 9.17) is 4.74 Å². The zero-order valence-corrected chi connectivity index (χ0v) is 11.1. The molecule has 0 atom stereocenters. The lowest BCUT2D eigenvalue weighted by Gasteiger charge is -2.10. The molecule has 3 rings (SSSR count). The van der Waals surface area contributed by atoms with Crippen LogP contribution < -0.4 is 0 Å². The molecule has 0 fully saturated rings. The third-order valence-electron chi connectivity index (χ3n) is 3.37. The Hall–Kier alpha value is -2.01. The molecule has 98 valence electrons. The van der Waals surface area contributed by atoms with E-state index in [0.29, 0.717) is 6.61 Å². The predicted molar refractivity (Wildman–Crippen MR) is 72.3 cm³/mol. The van der Waals surface area contributed by atoms with Crippen molar-refractivity contribution in [2.24, 2.45) is 7.05 Å². The molecule has 0 N–H and O–H groups in total. The van der Waals surface area contributed by atoms with Gasteiger partial charge in [0.25, 0.3) is 0 Å². The SMILES string of the molecule is Cc1ccnnc1C=Cc1c2c(nn1C)CCOC2. The lowest BCUT2D eigenvalue weighted by Crippen LogP contribution is -2.08. The molecule has 3 heterocycles. The molecule has 2 aromatic rings. The van der Waals surface area contributed by atoms with Crippen LogP contribution in [0.3, 0.4) is 0 Å². The Morgan fingerprint density at radius 2 is 2.26 bits per heavy atom. The number of aromatic nitrogens is 4. The molecule has 2 aromatic heterocycles. The van der Waals surface area contributed by atoms with Gasteiger partial charge in [-0.2, -0.15) is 15.3 Å². The molecule has 5 heteroatoms. The van der Waals surface area contributed by atoms with Crippen LogP contribution in [0.15, 0.2) is 12.3 Å². The maximum Gasteiger partial charge on any atom is 0.0887 e. The van der Waals surface area contributed by atoms with E-state index in [0.717, 1.165) is 35.7 Å². The van der Waals surface area contributed by atoms with Gasteiger partial charge in [-0.25, -0.2) is 0 Å². The highest BCUT2D eigenvalue weighted by molar-refractivity contribution is 5.69. The molecule has 1 aliphatic heterocycles. The molecule has 0 spiro atoms. The summed E-state index contributed by atoms with van der Waals surface area (Å²) in [4.78, 5) is 0. The van der Waals surface area contributed by atoms with Gasteiger partial charge in [-0.3, -0.25) is 4.68 Å². The Morgan fingerprint density at radius 1 is 1.37 bits per heavy atom. The first-order valence-corrected chi connectivity index (χ1v) is 6.34. The summed E-state index contributed by atoms with van der Waals surface area (Å²) in [6.07, 6.45) is 6.61. The van der Waals surface area contributed by atoms with Gasteiger partial charge in [0.2, 0.25) is 0 Å². The van der Waals surface area contributed by atoms with Crippen molar-refractivity contribution in [1.82, 2.24) is 20.0 Å². The Kier molecular flexibility index (Phi) is 3.13. The average Bonchev–Trinajstić information content (AvgIpc) is 2.74. The topological polar surface area (TPSA) is 52.8 Å². The van der Waals surface area contributed by atoms with Crippen LogP contribution in [0, 0.1) is 6.92 Å². The van der Waals surface area contributed by atoms with Gasteiger partial charge < -0.3 is 4.74 Å². The summed E-state index contributed by atoms with van der Waals surface area (Å²) in [6, 6.07) is 1.95. The molecular formula is C14H16N4O. The zero-order valence-electron chi connectivity index (χ0n) is 11.1. The quantitative estimate of drug-likeness (QED) is 0.821. The summed E-state index contributed by atoms with van der Waals surface area (Å²) >= 11 is 0. The number of aryl methyl sites for hydroxylation is 2. The molecule has 0 saturated heterocycles. The zero-order chi connectivity index (χ0) is 13.2. The van der Waals surface area contributed by atoms with Gasteiger partial charge in [-0.05, 0) is 30.7 Å². The van der Waals surface area contributed by atoms with Crippen LogP contribution in [-0.4, -0.2) is 26.6 Å². The largest absolute Gasteiger partial charge is 0.376 e. The van der Waals surface area contributed by atoms with Gasteiger partial charge in [0.15, 0.2) is 0 Å². The monoisotopic (exact) mass is 256 g/mol. The minimum atomic E-state index is 0.641. The fraction of sp³-hybridized carbons (Fsp3) is 0.357. The number of fused-ring (bicyclic) bond motifs is 1. The lowest BCUT2D eigenvalue weighted by molar-refractivity contribution is 0.110. The highest BCUT2D eigenvalue weighted by Gasteiger charge is 2.17. The molecule has 0 aromatic carbocycles. The van der Waals surface area contributed by atoms with Gasteiger partial charge in [0.05, 0.1) is 30.3 Å². The van der Waals surface area contributed by atoms with Gasteiger partial charge in [0.1, 0.15) is 0 Å². The summed E-state index contributed by atoms with van der Waals surface area (Å²) < 4.78 is 7.41. The molecule has 0 unspecified atom stereocenters. The van der Waals surface area contributed by atoms with Crippen molar-refractivity contribution in [3.05, 3.63) is 40.5 Å². The van der Waals surface area contributed by atoms with Crippen molar-refractivity contribution in [1.29, 1.82) is 0 Å². The van der Waals surface area contributed by atoms with Gasteiger partial charge in [0, 0.05) is 25.2 Å². The fourth-order valence-corrected chi connectivity index (χ4v) is 2.28. The number of hydrogen-bond donors (Lipinski definition) is 0. The molecule has 0 amide bonds. The molecular weight excluding hydrogens is 240 g/mol. The third-order valence-corrected chi connectivity index (χ3v) is 3.37. The van der Waals surface area contributed by atoms with Crippen LogP contribution in [0.25, 0.3) is 12.2 Å². The lowest BCUT2D eigenvalue weighted by atomic mass is 10.1. The van der Waals surface area contributed by atoms with E-state index in [1.165, 1.54) is 5.56 Å². The normalized spacial score (nSPS) is 14.8. The van der Waals surface area contributed by atoms with Crippen molar-refractivity contribution in [3.63, 3.8) is 0 Å². The van der Waals surface area contributed by atoms with E-state index in [1.807, 2.05) is 36.9 Å². The Balaban J connectivity index is 1.96.